The van der Waals surface area contributed by atoms with Gasteiger partial charge in [-0.25, -0.2) is 0 Å². The van der Waals surface area contributed by atoms with Crippen molar-refractivity contribution < 1.29 is 85.2 Å². The van der Waals surface area contributed by atoms with Crippen LogP contribution < -0.4 is 61.6 Å². The van der Waals surface area contributed by atoms with Crippen molar-refractivity contribution in [3.63, 3.8) is 0 Å². The number of hydrogen-bond acceptors (Lipinski definition) is 8. The van der Waals surface area contributed by atoms with Crippen molar-refractivity contribution >= 4 is 39.5 Å². The fraction of sp³-hybridized carbons (Fsp3) is 0.824. The van der Waals surface area contributed by atoms with E-state index in [4.69, 9.17) is 4.74 Å². The predicted molar refractivity (Wildman–Crippen MR) is 100 cm³/mol. The maximum Gasteiger partial charge on any atom is 1.00 e. The smallest absolute Gasteiger partial charge is 0.550 e. The van der Waals surface area contributed by atoms with Gasteiger partial charge in [-0.05, 0) is 25.7 Å². The van der Waals surface area contributed by atoms with E-state index in [-0.39, 0.29) is 64.2 Å². The first kappa shape index (κ1) is 29.9. The Morgan fingerprint density at radius 2 is 1.78 bits per heavy atom. The van der Waals surface area contributed by atoms with Gasteiger partial charge in [-0.3, -0.25) is 4.79 Å². The molecule has 0 bridgehead atoms. The number of aliphatic carboxylic acids is 2. The molecule has 7 nitrogen and oxygen atoms in total. The van der Waals surface area contributed by atoms with Gasteiger partial charge in [-0.2, -0.15) is 0 Å². The number of hydrogen-bond donors (Lipinski definition) is 0. The molecule has 0 N–H and O–H groups in total. The summed E-state index contributed by atoms with van der Waals surface area (Å²) in [6.07, 6.45) is 3.64. The van der Waals surface area contributed by atoms with Gasteiger partial charge in [0, 0.05) is 36.3 Å². The third kappa shape index (κ3) is 21.2. The molecule has 0 aromatic carbocycles. The minimum atomic E-state index is -1.20. The van der Waals surface area contributed by atoms with Gasteiger partial charge in [0.2, 0.25) is 0 Å². The van der Waals surface area contributed by atoms with E-state index in [1.165, 1.54) is 25.5 Å². The fourth-order valence-corrected chi connectivity index (χ4v) is 5.41. The van der Waals surface area contributed by atoms with E-state index in [2.05, 4.69) is 0 Å². The van der Waals surface area contributed by atoms with Crippen LogP contribution in [0.3, 0.4) is 0 Å². The summed E-state index contributed by atoms with van der Waals surface area (Å²) in [7, 11) is 9.57. The minimum absolute atomic E-state index is 0. The van der Waals surface area contributed by atoms with E-state index < -0.39 is 24.0 Å². The first-order chi connectivity index (χ1) is 12.0. The molecule has 0 aliphatic carbocycles. The Kier molecular flexibility index (Phi) is 18.3. The average Bonchev–Trinajstić information content (AvgIpc) is 2.93. The quantitative estimate of drug-likeness (QED) is 0.116. The number of quaternary nitrogens is 1. The number of rotatable bonds is 10. The van der Waals surface area contributed by atoms with E-state index in [1.54, 1.807) is 0 Å². The zero-order valence-electron chi connectivity index (χ0n) is 17.0. The van der Waals surface area contributed by atoms with Gasteiger partial charge < -0.3 is 29.0 Å². The Labute approximate surface area is 212 Å². The molecule has 152 valence electrons. The van der Waals surface area contributed by atoms with Crippen LogP contribution in [0.4, 0.5) is 0 Å². The Hall–Kier alpha value is 0.706. The van der Waals surface area contributed by atoms with E-state index in [0.29, 0.717) is 11.0 Å². The predicted octanol–water partition coefficient (Wildman–Crippen LogP) is -2.78. The number of carbonyl (C=O) groups excluding carboxylic acids is 3. The van der Waals surface area contributed by atoms with Crippen LogP contribution in [0.1, 0.15) is 45.4 Å². The van der Waals surface area contributed by atoms with E-state index in [1.807, 2.05) is 42.7 Å². The van der Waals surface area contributed by atoms with Crippen LogP contribution in [-0.4, -0.2) is 67.2 Å². The molecule has 1 saturated heterocycles. The SMILES string of the molecule is CC(=O)O[C@H](CC(=O)[O-])C[N+](C)(C)C.O=C([O-])CCCC[C@H]1CCSS1.[K+]. The molecule has 1 aliphatic heterocycles. The summed E-state index contributed by atoms with van der Waals surface area (Å²) in [5.74, 6) is -1.33. The zero-order chi connectivity index (χ0) is 20.2. The topological polar surface area (TPSA) is 107 Å². The number of esters is 1. The van der Waals surface area contributed by atoms with Gasteiger partial charge in [0.25, 0.3) is 0 Å². The van der Waals surface area contributed by atoms with E-state index in [9.17, 15) is 24.6 Å². The van der Waals surface area contributed by atoms with Crippen molar-refractivity contribution in [3.05, 3.63) is 0 Å². The minimum Gasteiger partial charge on any atom is -0.550 e. The molecule has 0 amide bonds. The number of unbranched alkanes of at least 4 members (excludes halogenated alkanes) is 1. The first-order valence-corrected chi connectivity index (χ1v) is 11.0. The van der Waals surface area contributed by atoms with Crippen LogP contribution in [0, 0.1) is 0 Å². The van der Waals surface area contributed by atoms with Crippen LogP contribution in [-0.2, 0) is 19.1 Å². The molecule has 1 fully saturated rings. The molecule has 0 aromatic rings. The Bertz CT molecular complexity index is 437. The van der Waals surface area contributed by atoms with Gasteiger partial charge in [0.1, 0.15) is 6.54 Å². The maximum atomic E-state index is 10.7. The van der Waals surface area contributed by atoms with Crippen molar-refractivity contribution in [1.82, 2.24) is 0 Å². The molecule has 1 rings (SSSR count). The second-order valence-corrected chi connectivity index (χ2v) is 10.0. The molecule has 0 spiro atoms. The number of carboxylic acid groups (broad SMARTS) is 2. The van der Waals surface area contributed by atoms with Crippen LogP contribution >= 0.6 is 21.6 Å². The van der Waals surface area contributed by atoms with E-state index in [0.717, 1.165) is 18.1 Å². The van der Waals surface area contributed by atoms with Crippen molar-refractivity contribution in [1.29, 1.82) is 0 Å². The summed E-state index contributed by atoms with van der Waals surface area (Å²) < 4.78 is 5.39. The number of ether oxygens (including phenoxy) is 1. The van der Waals surface area contributed by atoms with Gasteiger partial charge in [0.15, 0.2) is 6.10 Å². The van der Waals surface area contributed by atoms with Gasteiger partial charge in [-0.15, -0.1) is 0 Å². The molecule has 0 unspecified atom stereocenters. The second-order valence-electron chi connectivity index (χ2n) is 7.23. The third-order valence-electron chi connectivity index (χ3n) is 3.36. The molecule has 1 aliphatic rings. The summed E-state index contributed by atoms with van der Waals surface area (Å²) in [6, 6.07) is 0. The second kappa shape index (κ2) is 16.5. The molecule has 10 heteroatoms. The van der Waals surface area contributed by atoms with Crippen molar-refractivity contribution in [2.24, 2.45) is 0 Å². The van der Waals surface area contributed by atoms with Crippen molar-refractivity contribution in [2.75, 3.05) is 33.4 Å². The van der Waals surface area contributed by atoms with Crippen molar-refractivity contribution in [3.8, 4) is 0 Å². The summed E-state index contributed by atoms with van der Waals surface area (Å²) in [5.41, 5.74) is 0. The fourth-order valence-electron chi connectivity index (χ4n) is 2.38. The van der Waals surface area contributed by atoms with Gasteiger partial charge in [-0.1, -0.05) is 28.0 Å². The van der Waals surface area contributed by atoms with Crippen LogP contribution in [0.5, 0.6) is 0 Å². The summed E-state index contributed by atoms with van der Waals surface area (Å²) in [4.78, 5) is 31.1. The van der Waals surface area contributed by atoms with Crippen LogP contribution in [0.2, 0.25) is 0 Å². The average molecular weight is 448 g/mol. The van der Waals surface area contributed by atoms with Crippen LogP contribution in [0.15, 0.2) is 0 Å². The Morgan fingerprint density at radius 1 is 1.15 bits per heavy atom. The summed E-state index contributed by atoms with van der Waals surface area (Å²) >= 11 is 0. The standard InChI is InChI=1S/C9H17NO4.C8H14O2S2.K/c1-7(11)14-8(5-9(12)13)6-10(2,3)4;9-8(10)4-2-1-3-7-5-6-11-12-7;/h8H,5-6H2,1-4H3;7H,1-6H2,(H,9,10);/q;;+1/p-1/t8-;7-;/m10./s1. The largest absolute Gasteiger partial charge is 1.00 e. The molecular weight excluding hydrogens is 417 g/mol. The third-order valence-corrected chi connectivity index (χ3v) is 6.37. The maximum absolute atomic E-state index is 10.7. The molecule has 0 saturated carbocycles. The van der Waals surface area contributed by atoms with Crippen LogP contribution in [0.25, 0.3) is 0 Å². The van der Waals surface area contributed by atoms with Gasteiger partial charge in [0.05, 0.1) is 21.1 Å². The summed E-state index contributed by atoms with van der Waals surface area (Å²) in [5, 5.41) is 21.2. The number of carbonyl (C=O) groups is 3. The summed E-state index contributed by atoms with van der Waals surface area (Å²) in [6.45, 7) is 1.71. The Balaban J connectivity index is 0. The first-order valence-electron chi connectivity index (χ1n) is 8.65. The van der Waals surface area contributed by atoms with Crippen molar-refractivity contribution in [2.45, 2.75) is 56.8 Å². The number of nitrogens with zero attached hydrogens (tertiary/aromatic N) is 1. The molecule has 0 aromatic heterocycles. The zero-order valence-corrected chi connectivity index (χ0v) is 21.8. The van der Waals surface area contributed by atoms with E-state index >= 15 is 0 Å². The molecule has 27 heavy (non-hydrogen) atoms. The molecule has 0 radical (unpaired) electrons. The Morgan fingerprint density at radius 3 is 2.19 bits per heavy atom. The molecular formula is C17H30KNO6S2. The number of likely N-dealkylation sites (N-methyl/N-ethyl adjacent to an activating group) is 1. The molecule has 2 atom stereocenters. The monoisotopic (exact) mass is 447 g/mol. The van der Waals surface area contributed by atoms with Gasteiger partial charge >= 0.3 is 57.4 Å². The normalized spacial score (nSPS) is 17.1. The number of carboxylic acids is 2. The molecule has 1 heterocycles.